The van der Waals surface area contributed by atoms with Gasteiger partial charge in [0.1, 0.15) is 6.10 Å². The molecule has 0 radical (unpaired) electrons. The monoisotopic (exact) mass is 489 g/mol. The lowest BCUT2D eigenvalue weighted by Gasteiger charge is -2.40. The Morgan fingerprint density at radius 2 is 1.31 bits per heavy atom. The largest absolute Gasteiger partial charge is 0.461 e. The van der Waals surface area contributed by atoms with Crippen molar-refractivity contribution in [2.24, 2.45) is 23.2 Å². The second-order valence-corrected chi connectivity index (χ2v) is 11.7. The highest BCUT2D eigenvalue weighted by atomic mass is 16.7. The summed E-state index contributed by atoms with van der Waals surface area (Å²) < 4.78 is 17.9. The number of esters is 1. The Morgan fingerprint density at radius 3 is 1.89 bits per heavy atom. The lowest BCUT2D eigenvalue weighted by molar-refractivity contribution is -0.247. The summed E-state index contributed by atoms with van der Waals surface area (Å²) in [6.07, 6.45) is 21.7. The molecule has 0 aromatic carbocycles. The number of hydrogen-bond donors (Lipinski definition) is 0. The molecule has 1 aliphatic heterocycles. The molecule has 0 aromatic rings. The molecule has 0 spiro atoms. The van der Waals surface area contributed by atoms with Gasteiger partial charge in [-0.2, -0.15) is 5.26 Å². The van der Waals surface area contributed by atoms with E-state index >= 15 is 0 Å². The second kappa shape index (κ2) is 15.2. The maximum absolute atomic E-state index is 13.0. The van der Waals surface area contributed by atoms with Gasteiger partial charge in [0.05, 0.1) is 19.3 Å². The Morgan fingerprint density at radius 1 is 0.800 bits per heavy atom. The molecule has 0 aromatic heterocycles. The van der Waals surface area contributed by atoms with Gasteiger partial charge in [-0.1, -0.05) is 78.1 Å². The zero-order valence-electron chi connectivity index (χ0n) is 22.6. The summed E-state index contributed by atoms with van der Waals surface area (Å²) in [5.41, 5.74) is -1.32. The van der Waals surface area contributed by atoms with Gasteiger partial charge in [-0.25, -0.2) is 0 Å². The zero-order valence-corrected chi connectivity index (χ0v) is 22.6. The third-order valence-corrected chi connectivity index (χ3v) is 8.87. The first-order chi connectivity index (χ1) is 17.1. The number of hydrogen-bond acceptors (Lipinski definition) is 5. The summed E-state index contributed by atoms with van der Waals surface area (Å²) in [5.74, 6) is 1.54. The van der Waals surface area contributed by atoms with Crippen LogP contribution in [0.25, 0.3) is 0 Å². The highest BCUT2D eigenvalue weighted by Crippen LogP contribution is 2.38. The van der Waals surface area contributed by atoms with E-state index in [0.717, 1.165) is 50.4 Å². The fourth-order valence-corrected chi connectivity index (χ4v) is 6.31. The maximum Gasteiger partial charge on any atom is 0.331 e. The van der Waals surface area contributed by atoms with Crippen LogP contribution in [-0.4, -0.2) is 31.6 Å². The van der Waals surface area contributed by atoms with Gasteiger partial charge in [-0.3, -0.25) is 4.79 Å². The molecule has 0 unspecified atom stereocenters. The lowest BCUT2D eigenvalue weighted by atomic mass is 9.79. The average molecular weight is 490 g/mol. The fourth-order valence-electron chi connectivity index (χ4n) is 6.31. The molecule has 1 saturated heterocycles. The van der Waals surface area contributed by atoms with E-state index in [1.807, 2.05) is 0 Å². The highest BCUT2D eigenvalue weighted by Gasteiger charge is 2.48. The summed E-state index contributed by atoms with van der Waals surface area (Å²) >= 11 is 0. The van der Waals surface area contributed by atoms with Crippen molar-refractivity contribution in [1.29, 1.82) is 5.26 Å². The third kappa shape index (κ3) is 8.74. The molecule has 0 amide bonds. The molecular formula is C30H51NO4. The Kier molecular flexibility index (Phi) is 12.4. The summed E-state index contributed by atoms with van der Waals surface area (Å²) in [6, 6.07) is 2.19. The van der Waals surface area contributed by atoms with E-state index in [2.05, 4.69) is 19.9 Å². The number of nitriles is 1. The van der Waals surface area contributed by atoms with Crippen molar-refractivity contribution in [2.75, 3.05) is 13.2 Å². The molecule has 1 heterocycles. The van der Waals surface area contributed by atoms with Crippen molar-refractivity contribution in [3.8, 4) is 6.07 Å². The number of carbonyl (C=O) groups is 1. The predicted octanol–water partition coefficient (Wildman–Crippen LogP) is 7.72. The van der Waals surface area contributed by atoms with E-state index in [1.54, 1.807) is 0 Å². The SMILES string of the molecule is CCCCCCCC1CCC(OC(=O)[C@]2(C#N)CO[C@H](C3CCC(CCCCC)CC3)OC2)CC1. The minimum absolute atomic E-state index is 0.0650. The van der Waals surface area contributed by atoms with Crippen LogP contribution in [0.4, 0.5) is 0 Å². The first kappa shape index (κ1) is 28.5. The van der Waals surface area contributed by atoms with E-state index in [9.17, 15) is 10.1 Å². The zero-order chi connectivity index (χ0) is 24.9. The lowest BCUT2D eigenvalue weighted by Crippen LogP contribution is -2.50. The van der Waals surface area contributed by atoms with Crippen molar-refractivity contribution in [2.45, 2.75) is 142 Å². The maximum atomic E-state index is 13.0. The number of nitrogens with zero attached hydrogens (tertiary/aromatic N) is 1. The van der Waals surface area contributed by atoms with Crippen molar-refractivity contribution in [1.82, 2.24) is 0 Å². The van der Waals surface area contributed by atoms with Crippen LogP contribution >= 0.6 is 0 Å². The molecule has 2 aliphatic carbocycles. The van der Waals surface area contributed by atoms with Crippen LogP contribution in [0.5, 0.6) is 0 Å². The van der Waals surface area contributed by atoms with E-state index < -0.39 is 11.4 Å². The number of carbonyl (C=O) groups excluding carboxylic acids is 1. The quantitative estimate of drug-likeness (QED) is 0.196. The van der Waals surface area contributed by atoms with Crippen LogP contribution in [0.1, 0.15) is 129 Å². The molecular weight excluding hydrogens is 438 g/mol. The Hall–Kier alpha value is -1.12. The van der Waals surface area contributed by atoms with Gasteiger partial charge >= 0.3 is 5.97 Å². The summed E-state index contributed by atoms with van der Waals surface area (Å²) in [7, 11) is 0. The van der Waals surface area contributed by atoms with Crippen LogP contribution in [0, 0.1) is 34.5 Å². The van der Waals surface area contributed by atoms with Gasteiger partial charge in [0.2, 0.25) is 5.41 Å². The summed E-state index contributed by atoms with van der Waals surface area (Å²) in [6.45, 7) is 4.70. The molecule has 5 nitrogen and oxygen atoms in total. The van der Waals surface area contributed by atoms with Crippen molar-refractivity contribution in [3.05, 3.63) is 0 Å². The van der Waals surface area contributed by atoms with E-state index in [-0.39, 0.29) is 25.6 Å². The van der Waals surface area contributed by atoms with Gasteiger partial charge in [-0.05, 0) is 63.2 Å². The topological polar surface area (TPSA) is 68.6 Å². The molecule has 0 atom stereocenters. The minimum atomic E-state index is -1.32. The molecule has 2 saturated carbocycles. The van der Waals surface area contributed by atoms with Gasteiger partial charge in [0, 0.05) is 5.92 Å². The van der Waals surface area contributed by atoms with E-state index in [0.29, 0.717) is 5.92 Å². The van der Waals surface area contributed by atoms with Gasteiger partial charge in [0.25, 0.3) is 0 Å². The van der Waals surface area contributed by atoms with Crippen molar-refractivity contribution < 1.29 is 19.0 Å². The summed E-state index contributed by atoms with van der Waals surface area (Å²) in [4.78, 5) is 13.0. The molecule has 0 bridgehead atoms. The highest BCUT2D eigenvalue weighted by molar-refractivity contribution is 5.80. The van der Waals surface area contributed by atoms with Crippen LogP contribution in [0.15, 0.2) is 0 Å². The molecule has 3 rings (SSSR count). The van der Waals surface area contributed by atoms with Crippen LogP contribution in [0.3, 0.4) is 0 Å². The summed E-state index contributed by atoms with van der Waals surface area (Å²) in [5, 5.41) is 9.87. The van der Waals surface area contributed by atoms with Crippen molar-refractivity contribution >= 4 is 5.97 Å². The Balaban J connectivity index is 1.35. The first-order valence-corrected chi connectivity index (χ1v) is 15.0. The minimum Gasteiger partial charge on any atom is -0.461 e. The van der Waals surface area contributed by atoms with Crippen LogP contribution in [0.2, 0.25) is 0 Å². The van der Waals surface area contributed by atoms with E-state index in [4.69, 9.17) is 14.2 Å². The normalized spacial score (nSPS) is 33.7. The molecule has 35 heavy (non-hydrogen) atoms. The van der Waals surface area contributed by atoms with Gasteiger partial charge in [0.15, 0.2) is 6.29 Å². The first-order valence-electron chi connectivity index (χ1n) is 15.0. The van der Waals surface area contributed by atoms with Gasteiger partial charge < -0.3 is 14.2 Å². The van der Waals surface area contributed by atoms with Gasteiger partial charge in [-0.15, -0.1) is 0 Å². The third-order valence-electron chi connectivity index (χ3n) is 8.87. The molecule has 3 fully saturated rings. The number of ether oxygens (including phenoxy) is 3. The average Bonchev–Trinajstić information content (AvgIpc) is 2.90. The number of rotatable bonds is 13. The standard InChI is InChI=1S/C30H51NO4/c1-3-5-7-8-10-12-25-15-19-27(20-16-25)35-29(32)30(21-31)22-33-28(34-23-30)26-17-13-24(14-18-26)11-9-6-4-2/h24-28H,3-20,22-23H2,1-2H3/t24?,25?,26?,27?,28-,30+. The number of unbranched alkanes of at least 4 members (excludes halogenated alkanes) is 6. The van der Waals surface area contributed by atoms with Crippen LogP contribution in [-0.2, 0) is 19.0 Å². The Bertz CT molecular complexity index is 635. The Labute approximate surface area is 214 Å². The van der Waals surface area contributed by atoms with Crippen molar-refractivity contribution in [3.63, 3.8) is 0 Å². The smallest absolute Gasteiger partial charge is 0.331 e. The predicted molar refractivity (Wildman–Crippen MR) is 139 cm³/mol. The molecule has 5 heteroatoms. The van der Waals surface area contributed by atoms with E-state index in [1.165, 1.54) is 77.0 Å². The molecule has 200 valence electrons. The second-order valence-electron chi connectivity index (χ2n) is 11.7. The molecule has 3 aliphatic rings. The molecule has 0 N–H and O–H groups in total. The van der Waals surface area contributed by atoms with Crippen LogP contribution < -0.4 is 0 Å². The fraction of sp³-hybridized carbons (Fsp3) is 0.933.